The molecule has 0 bridgehead atoms. The second-order valence-electron chi connectivity index (χ2n) is 7.04. The molecule has 156 valence electrons. The maximum atomic E-state index is 13.2. The summed E-state index contributed by atoms with van der Waals surface area (Å²) in [5.74, 6) is -0.331. The lowest BCUT2D eigenvalue weighted by Crippen LogP contribution is -3.15. The Morgan fingerprint density at radius 1 is 1.21 bits per heavy atom. The lowest BCUT2D eigenvalue weighted by molar-refractivity contribution is -0.895. The Kier molecular flexibility index (Phi) is 6.51. The number of nitrogens with zero attached hydrogens (tertiary/aromatic N) is 1. The van der Waals surface area contributed by atoms with Gasteiger partial charge in [-0.3, -0.25) is 4.79 Å². The van der Waals surface area contributed by atoms with Gasteiger partial charge in [-0.1, -0.05) is 12.1 Å². The van der Waals surface area contributed by atoms with Gasteiger partial charge < -0.3 is 15.0 Å². The van der Waals surface area contributed by atoms with Gasteiger partial charge in [-0.05, 0) is 42.8 Å². The zero-order valence-electron chi connectivity index (χ0n) is 16.4. The molecule has 0 atom stereocenters. The highest BCUT2D eigenvalue weighted by Gasteiger charge is 2.33. The number of carbonyl (C=O) groups excluding carboxylic acids is 1. The molecule has 1 aliphatic heterocycles. The van der Waals surface area contributed by atoms with E-state index in [9.17, 15) is 17.6 Å². The number of carbonyl (C=O) groups is 1. The molecule has 1 amide bonds. The van der Waals surface area contributed by atoms with E-state index in [2.05, 4.69) is 5.32 Å². The minimum atomic E-state index is -3.68. The predicted octanol–water partition coefficient (Wildman–Crippen LogP) is 0.671. The van der Waals surface area contributed by atoms with Gasteiger partial charge in [0.15, 0.2) is 6.54 Å². The molecule has 7 nitrogen and oxygen atoms in total. The van der Waals surface area contributed by atoms with Crippen LogP contribution in [0.15, 0.2) is 47.4 Å². The number of hydrogen-bond donors (Lipinski definition) is 2. The summed E-state index contributed by atoms with van der Waals surface area (Å²) in [4.78, 5) is 13.3. The lowest BCUT2D eigenvalue weighted by Gasteiger charge is -2.31. The van der Waals surface area contributed by atoms with Crippen LogP contribution in [0, 0.1) is 12.7 Å². The van der Waals surface area contributed by atoms with E-state index in [4.69, 9.17) is 4.74 Å². The Bertz CT molecular complexity index is 989. The van der Waals surface area contributed by atoms with E-state index in [0.717, 1.165) is 10.5 Å². The molecule has 0 spiro atoms. The number of benzene rings is 2. The van der Waals surface area contributed by atoms with Crippen LogP contribution in [0.1, 0.15) is 5.56 Å². The molecule has 0 saturated carbocycles. The van der Waals surface area contributed by atoms with Crippen molar-refractivity contribution >= 4 is 21.6 Å². The molecule has 1 heterocycles. The summed E-state index contributed by atoms with van der Waals surface area (Å²) in [6, 6.07) is 10.8. The van der Waals surface area contributed by atoms with Crippen molar-refractivity contribution in [3.8, 4) is 5.75 Å². The van der Waals surface area contributed by atoms with Crippen molar-refractivity contribution in [3.05, 3.63) is 53.8 Å². The summed E-state index contributed by atoms with van der Waals surface area (Å²) < 4.78 is 46.0. The lowest BCUT2D eigenvalue weighted by atomic mass is 10.2. The van der Waals surface area contributed by atoms with E-state index in [1.165, 1.54) is 29.6 Å². The fraction of sp³-hybridized carbons (Fsp3) is 0.350. The summed E-state index contributed by atoms with van der Waals surface area (Å²) in [6.45, 7) is 3.65. The number of quaternary nitrogens is 1. The first-order chi connectivity index (χ1) is 13.8. The summed E-state index contributed by atoms with van der Waals surface area (Å²) in [6.07, 6.45) is 0. The van der Waals surface area contributed by atoms with Crippen LogP contribution in [0.2, 0.25) is 0 Å². The topological polar surface area (TPSA) is 80.2 Å². The predicted molar refractivity (Wildman–Crippen MR) is 107 cm³/mol. The van der Waals surface area contributed by atoms with Crippen molar-refractivity contribution in [2.45, 2.75) is 11.8 Å². The third kappa shape index (κ3) is 5.11. The molecule has 2 N–H and O–H groups in total. The molecule has 2 aromatic carbocycles. The van der Waals surface area contributed by atoms with Crippen molar-refractivity contribution in [1.82, 2.24) is 4.31 Å². The summed E-state index contributed by atoms with van der Waals surface area (Å²) in [7, 11) is -2.23. The highest BCUT2D eigenvalue weighted by Crippen LogP contribution is 2.27. The number of rotatable bonds is 6. The number of aryl methyl sites for hydroxylation is 1. The Morgan fingerprint density at radius 2 is 1.93 bits per heavy atom. The highest BCUT2D eigenvalue weighted by atomic mass is 32.2. The van der Waals surface area contributed by atoms with Gasteiger partial charge in [0.1, 0.15) is 16.5 Å². The van der Waals surface area contributed by atoms with Crippen molar-refractivity contribution in [2.75, 3.05) is 45.2 Å². The van der Waals surface area contributed by atoms with Gasteiger partial charge in [0.25, 0.3) is 5.91 Å². The molecule has 1 fully saturated rings. The molecule has 29 heavy (non-hydrogen) atoms. The molecule has 0 radical (unpaired) electrons. The van der Waals surface area contributed by atoms with Crippen LogP contribution in [0.5, 0.6) is 5.75 Å². The summed E-state index contributed by atoms with van der Waals surface area (Å²) >= 11 is 0. The van der Waals surface area contributed by atoms with Gasteiger partial charge in [0.05, 0.1) is 33.3 Å². The number of nitrogens with one attached hydrogen (secondary N) is 2. The first-order valence-corrected chi connectivity index (χ1v) is 10.8. The first-order valence-electron chi connectivity index (χ1n) is 9.33. The number of halogens is 1. The third-order valence-electron chi connectivity index (χ3n) is 4.89. The average molecular weight is 423 g/mol. The Hall–Kier alpha value is -2.49. The Balaban J connectivity index is 1.60. The number of ether oxygens (including phenoxy) is 1. The van der Waals surface area contributed by atoms with Gasteiger partial charge in [-0.25, -0.2) is 12.8 Å². The second kappa shape index (κ2) is 8.89. The van der Waals surface area contributed by atoms with E-state index in [1.807, 2.05) is 6.92 Å². The van der Waals surface area contributed by atoms with Crippen molar-refractivity contribution in [3.63, 3.8) is 0 Å². The molecule has 2 aromatic rings. The minimum absolute atomic E-state index is 0.160. The smallest absolute Gasteiger partial charge is 0.279 e. The van der Waals surface area contributed by atoms with Gasteiger partial charge >= 0.3 is 0 Å². The van der Waals surface area contributed by atoms with Crippen molar-refractivity contribution in [2.24, 2.45) is 0 Å². The van der Waals surface area contributed by atoms with Crippen LogP contribution >= 0.6 is 0 Å². The van der Waals surface area contributed by atoms with Gasteiger partial charge in [0.2, 0.25) is 10.0 Å². The SMILES string of the molecule is COc1ccc(C)cc1S(=O)(=O)N1CC[NH+](CC(=O)Nc2cccc(F)c2)CC1. The number of sulfonamides is 1. The number of piperazine rings is 1. The van der Waals surface area contributed by atoms with Crippen LogP contribution in [0.3, 0.4) is 0 Å². The van der Waals surface area contributed by atoms with Crippen LogP contribution in [0.4, 0.5) is 10.1 Å². The van der Waals surface area contributed by atoms with Crippen molar-refractivity contribution < 1.29 is 27.2 Å². The van der Waals surface area contributed by atoms with Gasteiger partial charge in [-0.2, -0.15) is 4.31 Å². The molecule has 0 unspecified atom stereocenters. The molecular weight excluding hydrogens is 397 g/mol. The quantitative estimate of drug-likeness (QED) is 0.717. The largest absolute Gasteiger partial charge is 0.495 e. The normalized spacial score (nSPS) is 15.8. The first kappa shape index (κ1) is 21.2. The third-order valence-corrected chi connectivity index (χ3v) is 6.81. The minimum Gasteiger partial charge on any atom is -0.495 e. The molecule has 1 aliphatic rings. The molecule has 3 rings (SSSR count). The van der Waals surface area contributed by atoms with Gasteiger partial charge in [-0.15, -0.1) is 0 Å². The maximum Gasteiger partial charge on any atom is 0.279 e. The fourth-order valence-electron chi connectivity index (χ4n) is 3.34. The molecule has 1 saturated heterocycles. The van der Waals surface area contributed by atoms with Crippen LogP contribution in [-0.2, 0) is 14.8 Å². The Labute approximate surface area is 170 Å². The molecule has 9 heteroatoms. The summed E-state index contributed by atoms with van der Waals surface area (Å²) in [5, 5.41) is 2.67. The van der Waals surface area contributed by atoms with E-state index >= 15 is 0 Å². The number of hydrogen-bond acceptors (Lipinski definition) is 4. The number of methoxy groups -OCH3 is 1. The molecular formula is C20H25FN3O4S+. The molecule has 0 aliphatic carbocycles. The number of amides is 1. The standard InChI is InChI=1S/C20H24FN3O4S/c1-15-6-7-18(28-2)19(12-15)29(26,27)24-10-8-23(9-11-24)14-20(25)22-17-5-3-4-16(21)13-17/h3-7,12-13H,8-11,14H2,1-2H3,(H,22,25)/p+1. The zero-order valence-corrected chi connectivity index (χ0v) is 17.3. The van der Waals surface area contributed by atoms with E-state index < -0.39 is 15.8 Å². The Morgan fingerprint density at radius 3 is 2.59 bits per heavy atom. The van der Waals surface area contributed by atoms with Crippen molar-refractivity contribution in [1.29, 1.82) is 0 Å². The zero-order chi connectivity index (χ0) is 21.0. The monoisotopic (exact) mass is 422 g/mol. The summed E-state index contributed by atoms with van der Waals surface area (Å²) in [5.41, 5.74) is 1.24. The van der Waals surface area contributed by atoms with E-state index in [0.29, 0.717) is 37.6 Å². The molecule has 0 aromatic heterocycles. The maximum absolute atomic E-state index is 13.2. The van der Waals surface area contributed by atoms with Crippen LogP contribution in [-0.4, -0.2) is 58.5 Å². The second-order valence-corrected chi connectivity index (χ2v) is 8.95. The van der Waals surface area contributed by atoms with E-state index in [-0.39, 0.29) is 17.3 Å². The average Bonchev–Trinajstić information content (AvgIpc) is 2.68. The highest BCUT2D eigenvalue weighted by molar-refractivity contribution is 7.89. The van der Waals surface area contributed by atoms with Gasteiger partial charge in [0, 0.05) is 5.69 Å². The number of anilines is 1. The van der Waals surface area contributed by atoms with Crippen LogP contribution in [0.25, 0.3) is 0 Å². The fourth-order valence-corrected chi connectivity index (χ4v) is 5.02. The van der Waals surface area contributed by atoms with Crippen LogP contribution < -0.4 is 15.0 Å². The van der Waals surface area contributed by atoms with E-state index in [1.54, 1.807) is 24.3 Å².